The number of hydrogen-bond donors (Lipinski definition) is 2. The number of sulfonamides is 1. The van der Waals surface area contributed by atoms with Crippen LogP contribution in [0.25, 0.3) is 0 Å². The van der Waals surface area contributed by atoms with Crippen molar-refractivity contribution in [2.45, 2.75) is 20.8 Å². The maximum absolute atomic E-state index is 12.2. The Morgan fingerprint density at radius 1 is 1.24 bits per heavy atom. The maximum atomic E-state index is 12.2. The van der Waals surface area contributed by atoms with E-state index >= 15 is 0 Å². The molecule has 0 unspecified atom stereocenters. The fourth-order valence-corrected chi connectivity index (χ4v) is 2.12. The minimum absolute atomic E-state index is 0.0364. The van der Waals surface area contributed by atoms with Crippen molar-refractivity contribution < 1.29 is 17.9 Å². The van der Waals surface area contributed by atoms with E-state index in [4.69, 9.17) is 4.74 Å². The molecule has 0 heterocycles. The summed E-state index contributed by atoms with van der Waals surface area (Å²) in [4.78, 5) is 12.2. The van der Waals surface area contributed by atoms with Crippen LogP contribution < -0.4 is 14.8 Å². The van der Waals surface area contributed by atoms with Crippen molar-refractivity contribution >= 4 is 21.6 Å². The van der Waals surface area contributed by atoms with Gasteiger partial charge in [0.1, 0.15) is 5.75 Å². The van der Waals surface area contributed by atoms with Gasteiger partial charge in [0.05, 0.1) is 18.3 Å². The minimum atomic E-state index is -3.32. The van der Waals surface area contributed by atoms with Gasteiger partial charge in [-0.05, 0) is 45.0 Å². The van der Waals surface area contributed by atoms with Crippen LogP contribution in [-0.2, 0) is 14.8 Å². The number of ether oxygens (including phenoxy) is 1. The van der Waals surface area contributed by atoms with Crippen molar-refractivity contribution in [2.24, 2.45) is 5.41 Å². The molecule has 7 heteroatoms. The molecule has 0 saturated carbocycles. The molecule has 0 aromatic heterocycles. The van der Waals surface area contributed by atoms with Gasteiger partial charge in [-0.15, -0.1) is 0 Å². The van der Waals surface area contributed by atoms with Gasteiger partial charge in [0.15, 0.2) is 0 Å². The van der Waals surface area contributed by atoms with Crippen molar-refractivity contribution in [1.29, 1.82) is 0 Å². The molecule has 0 aliphatic carbocycles. The molecule has 118 valence electrons. The summed E-state index contributed by atoms with van der Waals surface area (Å²) in [5, 5.41) is 2.76. The molecule has 0 spiro atoms. The van der Waals surface area contributed by atoms with E-state index in [-0.39, 0.29) is 12.5 Å². The van der Waals surface area contributed by atoms with Crippen LogP contribution in [0.4, 0.5) is 5.69 Å². The summed E-state index contributed by atoms with van der Waals surface area (Å²) in [6, 6.07) is 7.01. The molecule has 0 bridgehead atoms. The molecule has 0 radical (unpaired) electrons. The zero-order chi connectivity index (χ0) is 16.1. The first-order chi connectivity index (χ1) is 9.64. The monoisotopic (exact) mass is 314 g/mol. The van der Waals surface area contributed by atoms with Gasteiger partial charge >= 0.3 is 0 Å². The average molecular weight is 314 g/mol. The van der Waals surface area contributed by atoms with E-state index in [1.54, 1.807) is 38.1 Å². The topological polar surface area (TPSA) is 84.5 Å². The number of anilines is 1. The fraction of sp³-hybridized carbons (Fsp3) is 0.500. The standard InChI is InChI=1S/C14H22N2O4S/c1-5-20-12-8-6-11(7-9-12)16-13(17)14(2,3)10-15-21(4,18)19/h6-9,15H,5,10H2,1-4H3,(H,16,17). The molecule has 0 aliphatic rings. The van der Waals surface area contributed by atoms with Gasteiger partial charge in [-0.2, -0.15) is 0 Å². The van der Waals surface area contributed by atoms with Crippen LogP contribution in [0.3, 0.4) is 0 Å². The number of carbonyl (C=O) groups is 1. The van der Waals surface area contributed by atoms with Crippen LogP contribution >= 0.6 is 0 Å². The largest absolute Gasteiger partial charge is 0.494 e. The van der Waals surface area contributed by atoms with Crippen molar-refractivity contribution in [3.8, 4) is 5.75 Å². The lowest BCUT2D eigenvalue weighted by atomic mass is 9.92. The van der Waals surface area contributed by atoms with Gasteiger partial charge in [-0.3, -0.25) is 4.79 Å². The predicted octanol–water partition coefficient (Wildman–Crippen LogP) is 1.60. The molecule has 1 aromatic rings. The number of nitrogens with one attached hydrogen (secondary N) is 2. The molecule has 1 rings (SSSR count). The molecular formula is C14H22N2O4S. The summed E-state index contributed by atoms with van der Waals surface area (Å²) >= 11 is 0. The van der Waals surface area contributed by atoms with E-state index in [9.17, 15) is 13.2 Å². The lowest BCUT2D eigenvalue weighted by Gasteiger charge is -2.23. The van der Waals surface area contributed by atoms with Crippen molar-refractivity contribution in [3.05, 3.63) is 24.3 Å². The predicted molar refractivity (Wildman–Crippen MR) is 82.9 cm³/mol. The van der Waals surface area contributed by atoms with Crippen molar-refractivity contribution in [3.63, 3.8) is 0 Å². The first-order valence-electron chi connectivity index (χ1n) is 6.63. The van der Waals surface area contributed by atoms with Gasteiger partial charge < -0.3 is 10.1 Å². The number of rotatable bonds is 7. The van der Waals surface area contributed by atoms with E-state index in [1.807, 2.05) is 6.92 Å². The number of hydrogen-bond acceptors (Lipinski definition) is 4. The van der Waals surface area contributed by atoms with Gasteiger partial charge in [0, 0.05) is 12.2 Å². The Balaban J connectivity index is 2.66. The summed E-state index contributed by atoms with van der Waals surface area (Å²) in [6.45, 7) is 5.86. The van der Waals surface area contributed by atoms with Crippen LogP contribution in [0.15, 0.2) is 24.3 Å². The minimum Gasteiger partial charge on any atom is -0.494 e. The summed E-state index contributed by atoms with van der Waals surface area (Å²) in [5.74, 6) is 0.469. The van der Waals surface area contributed by atoms with Crippen molar-refractivity contribution in [1.82, 2.24) is 4.72 Å². The smallest absolute Gasteiger partial charge is 0.231 e. The highest BCUT2D eigenvalue weighted by molar-refractivity contribution is 7.88. The molecular weight excluding hydrogens is 292 g/mol. The second kappa shape index (κ2) is 6.91. The third-order valence-corrected chi connectivity index (χ3v) is 3.48. The Hall–Kier alpha value is -1.60. The van der Waals surface area contributed by atoms with Gasteiger partial charge in [-0.25, -0.2) is 13.1 Å². The molecule has 0 aliphatic heterocycles. The Morgan fingerprint density at radius 3 is 2.29 bits per heavy atom. The lowest BCUT2D eigenvalue weighted by Crippen LogP contribution is -2.41. The van der Waals surface area contributed by atoms with Crippen LogP contribution in [0.2, 0.25) is 0 Å². The number of amides is 1. The summed E-state index contributed by atoms with van der Waals surface area (Å²) in [6.07, 6.45) is 1.06. The highest BCUT2D eigenvalue weighted by Gasteiger charge is 2.28. The number of carbonyl (C=O) groups excluding carboxylic acids is 1. The molecule has 0 atom stereocenters. The van der Waals surface area contributed by atoms with E-state index in [2.05, 4.69) is 10.0 Å². The molecule has 0 fully saturated rings. The average Bonchev–Trinajstić information content (AvgIpc) is 2.38. The molecule has 0 saturated heterocycles. The van der Waals surface area contributed by atoms with Crippen LogP contribution in [0.5, 0.6) is 5.75 Å². The molecule has 1 aromatic carbocycles. The van der Waals surface area contributed by atoms with Gasteiger partial charge in [0.25, 0.3) is 0 Å². The van der Waals surface area contributed by atoms with E-state index < -0.39 is 15.4 Å². The van der Waals surface area contributed by atoms with Crippen molar-refractivity contribution in [2.75, 3.05) is 24.7 Å². The van der Waals surface area contributed by atoms with Gasteiger partial charge in [0.2, 0.25) is 15.9 Å². The molecule has 21 heavy (non-hydrogen) atoms. The Morgan fingerprint density at radius 2 is 1.81 bits per heavy atom. The zero-order valence-electron chi connectivity index (χ0n) is 12.8. The molecule has 1 amide bonds. The summed E-state index contributed by atoms with van der Waals surface area (Å²) in [5.41, 5.74) is -0.224. The van der Waals surface area contributed by atoms with Crippen LogP contribution in [-0.4, -0.2) is 33.7 Å². The SMILES string of the molecule is CCOc1ccc(NC(=O)C(C)(C)CNS(C)(=O)=O)cc1. The Labute approximate surface area is 125 Å². The maximum Gasteiger partial charge on any atom is 0.231 e. The third-order valence-electron chi connectivity index (χ3n) is 2.81. The van der Waals surface area contributed by atoms with Gasteiger partial charge in [-0.1, -0.05) is 0 Å². The lowest BCUT2D eigenvalue weighted by molar-refractivity contribution is -0.123. The molecule has 6 nitrogen and oxygen atoms in total. The first-order valence-corrected chi connectivity index (χ1v) is 8.52. The second-order valence-corrected chi connectivity index (χ2v) is 7.22. The highest BCUT2D eigenvalue weighted by atomic mass is 32.2. The molecule has 2 N–H and O–H groups in total. The van der Waals surface area contributed by atoms with E-state index in [0.717, 1.165) is 12.0 Å². The summed E-state index contributed by atoms with van der Waals surface area (Å²) < 4.78 is 29.9. The summed E-state index contributed by atoms with van der Waals surface area (Å²) in [7, 11) is -3.32. The van der Waals surface area contributed by atoms with E-state index in [0.29, 0.717) is 12.3 Å². The highest BCUT2D eigenvalue weighted by Crippen LogP contribution is 2.20. The first kappa shape index (κ1) is 17.5. The van der Waals surface area contributed by atoms with Crippen LogP contribution in [0.1, 0.15) is 20.8 Å². The fourth-order valence-electron chi connectivity index (χ4n) is 1.49. The quantitative estimate of drug-likeness (QED) is 0.800. The zero-order valence-corrected chi connectivity index (χ0v) is 13.6. The third kappa shape index (κ3) is 6.14. The second-order valence-electron chi connectivity index (χ2n) is 5.39. The van der Waals surface area contributed by atoms with E-state index in [1.165, 1.54) is 0 Å². The Bertz CT molecular complexity index is 579. The normalized spacial score (nSPS) is 12.0. The van der Waals surface area contributed by atoms with Crippen LogP contribution in [0, 0.1) is 5.41 Å². The number of benzene rings is 1. The Kier molecular flexibility index (Phi) is 5.74.